The van der Waals surface area contributed by atoms with Crippen LogP contribution in [0.2, 0.25) is 0 Å². The number of nitrogens with zero attached hydrogens (tertiary/aromatic N) is 2. The van der Waals surface area contributed by atoms with Crippen molar-refractivity contribution in [3.8, 4) is 0 Å². The highest BCUT2D eigenvalue weighted by Crippen LogP contribution is 2.32. The lowest BCUT2D eigenvalue weighted by molar-refractivity contribution is -0.137. The van der Waals surface area contributed by atoms with E-state index in [9.17, 15) is 14.4 Å². The van der Waals surface area contributed by atoms with Crippen LogP contribution in [0.1, 0.15) is 83.3 Å². The molecule has 0 radical (unpaired) electrons. The van der Waals surface area contributed by atoms with Crippen LogP contribution in [-0.4, -0.2) is 45.2 Å². The molecule has 3 amide bonds. The molecule has 8 heteroatoms. The summed E-state index contributed by atoms with van der Waals surface area (Å²) in [6.45, 7) is 8.68. The molecule has 3 atom stereocenters. The number of rotatable bonds is 9. The van der Waals surface area contributed by atoms with E-state index in [-0.39, 0.29) is 36.1 Å². The first kappa shape index (κ1) is 27.4. The van der Waals surface area contributed by atoms with Gasteiger partial charge < -0.3 is 20.5 Å². The lowest BCUT2D eigenvalue weighted by Crippen LogP contribution is -2.50. The van der Waals surface area contributed by atoms with Gasteiger partial charge in [0, 0.05) is 13.0 Å². The highest BCUT2D eigenvalue weighted by atomic mass is 16.2. The zero-order valence-electron chi connectivity index (χ0n) is 22.8. The zero-order chi connectivity index (χ0) is 27.3. The molecule has 8 nitrogen and oxygen atoms in total. The van der Waals surface area contributed by atoms with Crippen molar-refractivity contribution in [2.45, 2.75) is 77.9 Å². The van der Waals surface area contributed by atoms with Gasteiger partial charge in [0.25, 0.3) is 0 Å². The third-order valence-corrected chi connectivity index (χ3v) is 7.07. The summed E-state index contributed by atoms with van der Waals surface area (Å²) in [5, 5.41) is 5.81. The van der Waals surface area contributed by atoms with Crippen LogP contribution in [0, 0.1) is 5.41 Å². The molecular weight excluding hydrogens is 478 g/mol. The second-order valence-corrected chi connectivity index (χ2v) is 11.4. The SMILES string of the molecule is C[C@H](NC(=O)C(CC(=O)N1CCCC1c1ccccc1)NC(=O)CCC(C)(C)C)c1nc2ccccc2[nH]1. The van der Waals surface area contributed by atoms with E-state index in [1.807, 2.05) is 66.4 Å². The minimum absolute atomic E-state index is 0.0147. The van der Waals surface area contributed by atoms with Crippen LogP contribution in [-0.2, 0) is 14.4 Å². The van der Waals surface area contributed by atoms with Gasteiger partial charge >= 0.3 is 0 Å². The van der Waals surface area contributed by atoms with Gasteiger partial charge in [-0.2, -0.15) is 0 Å². The number of aromatic amines is 1. The molecule has 4 rings (SSSR count). The Kier molecular flexibility index (Phi) is 8.49. The average Bonchev–Trinajstić information content (AvgIpc) is 3.55. The van der Waals surface area contributed by atoms with E-state index in [1.54, 1.807) is 0 Å². The van der Waals surface area contributed by atoms with E-state index in [0.29, 0.717) is 18.8 Å². The Morgan fingerprint density at radius 2 is 1.76 bits per heavy atom. The van der Waals surface area contributed by atoms with E-state index in [2.05, 4.69) is 41.4 Å². The molecule has 2 unspecified atom stereocenters. The van der Waals surface area contributed by atoms with Crippen LogP contribution in [0.25, 0.3) is 11.0 Å². The zero-order valence-corrected chi connectivity index (χ0v) is 22.8. The molecule has 3 N–H and O–H groups in total. The predicted octanol–water partition coefficient (Wildman–Crippen LogP) is 4.81. The summed E-state index contributed by atoms with van der Waals surface area (Å²) in [5.74, 6) is -0.146. The topological polar surface area (TPSA) is 107 Å². The first-order chi connectivity index (χ1) is 18.1. The molecule has 202 valence electrons. The van der Waals surface area contributed by atoms with E-state index >= 15 is 0 Å². The molecule has 2 aromatic carbocycles. The lowest BCUT2D eigenvalue weighted by Gasteiger charge is -2.28. The van der Waals surface area contributed by atoms with Crippen molar-refractivity contribution in [1.82, 2.24) is 25.5 Å². The van der Waals surface area contributed by atoms with Crippen molar-refractivity contribution in [2.75, 3.05) is 6.54 Å². The smallest absolute Gasteiger partial charge is 0.243 e. The number of carbonyl (C=O) groups excluding carboxylic acids is 3. The van der Waals surface area contributed by atoms with Crippen molar-refractivity contribution in [2.24, 2.45) is 5.41 Å². The summed E-state index contributed by atoms with van der Waals surface area (Å²) in [6, 6.07) is 16.2. The quantitative estimate of drug-likeness (QED) is 0.379. The Hall–Kier alpha value is -3.68. The van der Waals surface area contributed by atoms with Crippen LogP contribution in [0.3, 0.4) is 0 Å². The number of hydrogen-bond acceptors (Lipinski definition) is 4. The average molecular weight is 518 g/mol. The van der Waals surface area contributed by atoms with Gasteiger partial charge in [-0.3, -0.25) is 14.4 Å². The van der Waals surface area contributed by atoms with Gasteiger partial charge in [-0.05, 0) is 49.3 Å². The maximum atomic E-state index is 13.5. The molecule has 1 aliphatic heterocycles. The Bertz CT molecular complexity index is 1230. The summed E-state index contributed by atoms with van der Waals surface area (Å²) in [7, 11) is 0. The summed E-state index contributed by atoms with van der Waals surface area (Å²) in [5.41, 5.74) is 2.77. The lowest BCUT2D eigenvalue weighted by atomic mass is 9.90. The number of benzene rings is 2. The second kappa shape index (κ2) is 11.8. The van der Waals surface area contributed by atoms with Crippen LogP contribution in [0.5, 0.6) is 0 Å². The Morgan fingerprint density at radius 3 is 2.47 bits per heavy atom. The number of carbonyl (C=O) groups is 3. The summed E-state index contributed by atoms with van der Waals surface area (Å²) in [4.78, 5) is 49.4. The van der Waals surface area contributed by atoms with E-state index < -0.39 is 18.0 Å². The number of imidazole rings is 1. The fourth-order valence-corrected chi connectivity index (χ4v) is 4.90. The fraction of sp³-hybridized carbons (Fsp3) is 0.467. The Balaban J connectivity index is 1.47. The van der Waals surface area contributed by atoms with Crippen LogP contribution in [0.4, 0.5) is 0 Å². The molecular formula is C30H39N5O3. The van der Waals surface area contributed by atoms with Gasteiger partial charge in [0.2, 0.25) is 17.7 Å². The maximum absolute atomic E-state index is 13.5. The molecule has 3 aromatic rings. The van der Waals surface area contributed by atoms with Gasteiger partial charge in [-0.25, -0.2) is 4.98 Å². The standard InChI is InChI=1S/C30H39N5O3/c1-20(28-33-22-13-8-9-14-23(22)34-28)31-29(38)24(32-26(36)16-17-30(2,3)4)19-27(37)35-18-10-15-25(35)21-11-6-5-7-12-21/h5-9,11-14,20,24-25H,10,15-19H2,1-4H3,(H,31,38)(H,32,36)(H,33,34)/t20-,24?,25?/m0/s1. The first-order valence-corrected chi connectivity index (χ1v) is 13.5. The van der Waals surface area contributed by atoms with Crippen LogP contribution in [0.15, 0.2) is 54.6 Å². The highest BCUT2D eigenvalue weighted by Gasteiger charge is 2.34. The number of fused-ring (bicyclic) bond motifs is 1. The number of nitrogens with one attached hydrogen (secondary N) is 3. The van der Waals surface area contributed by atoms with E-state index in [0.717, 1.165) is 29.4 Å². The molecule has 1 fully saturated rings. The molecule has 0 saturated carbocycles. The number of H-pyrrole nitrogens is 1. The second-order valence-electron chi connectivity index (χ2n) is 11.4. The van der Waals surface area contributed by atoms with Crippen molar-refractivity contribution in [1.29, 1.82) is 0 Å². The molecule has 0 aliphatic carbocycles. The molecule has 1 saturated heterocycles. The van der Waals surface area contributed by atoms with Crippen LogP contribution < -0.4 is 10.6 Å². The van der Waals surface area contributed by atoms with Crippen molar-refractivity contribution in [3.63, 3.8) is 0 Å². The normalized spacial score (nSPS) is 17.3. The fourth-order valence-electron chi connectivity index (χ4n) is 4.90. The minimum Gasteiger partial charge on any atom is -0.345 e. The molecule has 0 bridgehead atoms. The number of amides is 3. The predicted molar refractivity (Wildman–Crippen MR) is 148 cm³/mol. The number of aromatic nitrogens is 2. The first-order valence-electron chi connectivity index (χ1n) is 13.5. The Morgan fingerprint density at radius 1 is 1.05 bits per heavy atom. The molecule has 1 aromatic heterocycles. The summed E-state index contributed by atoms with van der Waals surface area (Å²) >= 11 is 0. The van der Waals surface area contributed by atoms with Gasteiger partial charge in [0.05, 0.1) is 29.5 Å². The van der Waals surface area contributed by atoms with Crippen molar-refractivity contribution in [3.05, 3.63) is 66.0 Å². The summed E-state index contributed by atoms with van der Waals surface area (Å²) < 4.78 is 0. The Labute approximate surface area is 224 Å². The van der Waals surface area contributed by atoms with Crippen molar-refractivity contribution >= 4 is 28.8 Å². The van der Waals surface area contributed by atoms with Gasteiger partial charge in [-0.1, -0.05) is 63.2 Å². The van der Waals surface area contributed by atoms with Crippen molar-refractivity contribution < 1.29 is 14.4 Å². The maximum Gasteiger partial charge on any atom is 0.243 e. The van der Waals surface area contributed by atoms with Gasteiger partial charge in [0.1, 0.15) is 11.9 Å². The van der Waals surface area contributed by atoms with E-state index in [1.165, 1.54) is 0 Å². The minimum atomic E-state index is -0.973. The number of likely N-dealkylation sites (tertiary alicyclic amines) is 1. The van der Waals surface area contributed by atoms with Crippen LogP contribution >= 0.6 is 0 Å². The molecule has 0 spiro atoms. The highest BCUT2D eigenvalue weighted by molar-refractivity contribution is 5.92. The number of para-hydroxylation sites is 2. The third kappa shape index (κ3) is 7.00. The third-order valence-electron chi connectivity index (χ3n) is 7.07. The monoisotopic (exact) mass is 517 g/mol. The molecule has 38 heavy (non-hydrogen) atoms. The largest absolute Gasteiger partial charge is 0.345 e. The summed E-state index contributed by atoms with van der Waals surface area (Å²) in [6.07, 6.45) is 2.66. The van der Waals surface area contributed by atoms with Gasteiger partial charge in [-0.15, -0.1) is 0 Å². The van der Waals surface area contributed by atoms with Gasteiger partial charge in [0.15, 0.2) is 0 Å². The number of hydrogen-bond donors (Lipinski definition) is 3. The molecule has 2 heterocycles. The molecule has 1 aliphatic rings. The van der Waals surface area contributed by atoms with E-state index in [4.69, 9.17) is 0 Å².